The number of aromatic nitrogens is 1. The van der Waals surface area contributed by atoms with Crippen LogP contribution in [-0.2, 0) is 11.3 Å². The topological polar surface area (TPSA) is 83.9 Å². The molecule has 0 spiro atoms. The minimum absolute atomic E-state index is 0.0997. The summed E-state index contributed by atoms with van der Waals surface area (Å²) in [4.78, 5) is 18.2. The molecular weight excluding hydrogens is 370 g/mol. The van der Waals surface area contributed by atoms with Crippen LogP contribution in [0.25, 0.3) is 0 Å². The molecule has 0 saturated carbocycles. The van der Waals surface area contributed by atoms with E-state index in [9.17, 15) is 9.90 Å². The van der Waals surface area contributed by atoms with Crippen LogP contribution in [-0.4, -0.2) is 59.8 Å². The van der Waals surface area contributed by atoms with E-state index in [-0.39, 0.29) is 25.1 Å². The molecule has 1 saturated heterocycles. The van der Waals surface area contributed by atoms with Crippen molar-refractivity contribution in [1.29, 1.82) is 0 Å². The van der Waals surface area contributed by atoms with Gasteiger partial charge in [-0.05, 0) is 43.1 Å². The number of carbonyl (C=O) groups excluding carboxylic acids is 1. The van der Waals surface area contributed by atoms with Gasteiger partial charge in [-0.15, -0.1) is 0 Å². The third-order valence-corrected chi connectivity index (χ3v) is 5.05. The molecule has 29 heavy (non-hydrogen) atoms. The molecule has 7 nitrogen and oxygen atoms in total. The minimum Gasteiger partial charge on any atom is -0.497 e. The van der Waals surface area contributed by atoms with Crippen LogP contribution in [0.5, 0.6) is 11.5 Å². The zero-order chi connectivity index (χ0) is 20.5. The van der Waals surface area contributed by atoms with Gasteiger partial charge in [0.25, 0.3) is 0 Å². The molecule has 1 aliphatic heterocycles. The van der Waals surface area contributed by atoms with Crippen LogP contribution in [0.1, 0.15) is 24.8 Å². The lowest BCUT2D eigenvalue weighted by Crippen LogP contribution is -2.42. The number of methoxy groups -OCH3 is 1. The number of nitrogens with one attached hydrogen (secondary N) is 1. The zero-order valence-electron chi connectivity index (χ0n) is 16.8. The van der Waals surface area contributed by atoms with E-state index in [1.54, 1.807) is 24.3 Å². The fourth-order valence-corrected chi connectivity index (χ4v) is 3.51. The number of amides is 1. The van der Waals surface area contributed by atoms with Crippen LogP contribution < -0.4 is 14.8 Å². The van der Waals surface area contributed by atoms with E-state index in [2.05, 4.69) is 10.3 Å². The van der Waals surface area contributed by atoms with Gasteiger partial charge < -0.3 is 24.8 Å². The first kappa shape index (κ1) is 21.1. The van der Waals surface area contributed by atoms with Gasteiger partial charge in [0, 0.05) is 37.5 Å². The van der Waals surface area contributed by atoms with Gasteiger partial charge >= 0.3 is 0 Å². The molecule has 1 aromatic heterocycles. The summed E-state index contributed by atoms with van der Waals surface area (Å²) < 4.78 is 10.8. The van der Waals surface area contributed by atoms with Gasteiger partial charge in [-0.2, -0.15) is 0 Å². The highest BCUT2D eigenvalue weighted by molar-refractivity contribution is 5.78. The Morgan fingerprint density at radius 3 is 2.97 bits per heavy atom. The molecule has 0 radical (unpaired) electrons. The molecule has 1 fully saturated rings. The summed E-state index contributed by atoms with van der Waals surface area (Å²) in [6.07, 6.45) is 5.09. The maximum atomic E-state index is 12.3. The molecule has 0 unspecified atom stereocenters. The number of ether oxygens (including phenoxy) is 2. The molecular formula is C22H29N3O4. The number of benzene rings is 1. The highest BCUT2D eigenvalue weighted by Gasteiger charge is 2.31. The second kappa shape index (κ2) is 10.8. The van der Waals surface area contributed by atoms with Gasteiger partial charge in [-0.3, -0.25) is 9.78 Å². The predicted octanol–water partition coefficient (Wildman–Crippen LogP) is 2.00. The van der Waals surface area contributed by atoms with E-state index in [1.807, 2.05) is 36.5 Å². The Morgan fingerprint density at radius 2 is 2.17 bits per heavy atom. The second-order valence-electron chi connectivity index (χ2n) is 7.21. The van der Waals surface area contributed by atoms with Crippen molar-refractivity contribution in [3.8, 4) is 11.5 Å². The van der Waals surface area contributed by atoms with E-state index in [1.165, 1.54) is 0 Å². The average molecular weight is 399 g/mol. The smallest absolute Gasteiger partial charge is 0.222 e. The standard InChI is InChI=1S/C22H29N3O4/c1-28-20-5-2-6-21(12-20)29-16-19(26)15-25-18(7-8-22(25)27)9-11-24-14-17-4-3-10-23-13-17/h2-6,10,12-13,18-19,24,26H,7-9,11,14-16H2,1H3/t18-,19+/m0/s1. The summed E-state index contributed by atoms with van der Waals surface area (Å²) in [6, 6.07) is 11.3. The molecule has 3 rings (SSSR count). The van der Waals surface area contributed by atoms with Gasteiger partial charge in [0.1, 0.15) is 24.2 Å². The maximum absolute atomic E-state index is 12.3. The van der Waals surface area contributed by atoms with E-state index < -0.39 is 6.10 Å². The highest BCUT2D eigenvalue weighted by Crippen LogP contribution is 2.22. The number of hydrogen-bond donors (Lipinski definition) is 2. The predicted molar refractivity (Wildman–Crippen MR) is 110 cm³/mol. The lowest BCUT2D eigenvalue weighted by molar-refractivity contribution is -0.130. The summed E-state index contributed by atoms with van der Waals surface area (Å²) in [5.41, 5.74) is 1.14. The summed E-state index contributed by atoms with van der Waals surface area (Å²) in [5, 5.41) is 13.8. The van der Waals surface area contributed by atoms with Gasteiger partial charge in [-0.25, -0.2) is 0 Å². The summed E-state index contributed by atoms with van der Waals surface area (Å²) >= 11 is 0. The number of pyridine rings is 1. The number of nitrogens with zero attached hydrogens (tertiary/aromatic N) is 2. The summed E-state index contributed by atoms with van der Waals surface area (Å²) in [5.74, 6) is 1.43. The molecule has 0 aliphatic carbocycles. The SMILES string of the molecule is COc1cccc(OC[C@H](O)CN2C(=O)CC[C@H]2CCNCc2cccnc2)c1. The third-order valence-electron chi connectivity index (χ3n) is 5.05. The number of carbonyl (C=O) groups is 1. The molecule has 1 aromatic carbocycles. The summed E-state index contributed by atoms with van der Waals surface area (Å²) in [6.45, 7) is 1.98. The van der Waals surface area contributed by atoms with Gasteiger partial charge in [0.05, 0.1) is 13.7 Å². The molecule has 2 aromatic rings. The van der Waals surface area contributed by atoms with Crippen LogP contribution in [0, 0.1) is 0 Å². The number of rotatable bonds is 11. The molecule has 2 N–H and O–H groups in total. The highest BCUT2D eigenvalue weighted by atomic mass is 16.5. The molecule has 156 valence electrons. The number of hydrogen-bond acceptors (Lipinski definition) is 6. The quantitative estimate of drug-likeness (QED) is 0.563. The lowest BCUT2D eigenvalue weighted by Gasteiger charge is -2.27. The fourth-order valence-electron chi connectivity index (χ4n) is 3.51. The Labute approximate surface area is 171 Å². The number of aliphatic hydroxyl groups excluding tert-OH is 1. The maximum Gasteiger partial charge on any atom is 0.222 e. The Bertz CT molecular complexity index is 772. The number of β-amino-alcohol motifs (C(OH)–C–C–N with tert-alkyl or cyclic N) is 1. The zero-order valence-corrected chi connectivity index (χ0v) is 16.8. The van der Waals surface area contributed by atoms with Crippen molar-refractivity contribution in [3.63, 3.8) is 0 Å². The van der Waals surface area contributed by atoms with E-state index in [4.69, 9.17) is 9.47 Å². The monoisotopic (exact) mass is 399 g/mol. The van der Waals surface area contributed by atoms with Crippen molar-refractivity contribution in [1.82, 2.24) is 15.2 Å². The Morgan fingerprint density at radius 1 is 1.31 bits per heavy atom. The third kappa shape index (κ3) is 6.44. The first-order valence-corrected chi connectivity index (χ1v) is 9.99. The average Bonchev–Trinajstić information content (AvgIpc) is 3.10. The van der Waals surface area contributed by atoms with Crippen molar-refractivity contribution >= 4 is 5.91 Å². The van der Waals surface area contributed by atoms with Crippen molar-refractivity contribution in [2.24, 2.45) is 0 Å². The van der Waals surface area contributed by atoms with E-state index in [0.717, 1.165) is 31.5 Å². The van der Waals surface area contributed by atoms with Gasteiger partial charge in [-0.1, -0.05) is 12.1 Å². The molecule has 1 amide bonds. The van der Waals surface area contributed by atoms with Crippen molar-refractivity contribution in [3.05, 3.63) is 54.4 Å². The Hall–Kier alpha value is -2.64. The van der Waals surface area contributed by atoms with Crippen LogP contribution in [0.3, 0.4) is 0 Å². The molecule has 2 atom stereocenters. The normalized spacial score (nSPS) is 17.4. The van der Waals surface area contributed by atoms with Crippen molar-refractivity contribution in [2.75, 3.05) is 26.8 Å². The molecule has 0 bridgehead atoms. The van der Waals surface area contributed by atoms with E-state index >= 15 is 0 Å². The molecule has 1 aliphatic rings. The first-order valence-electron chi connectivity index (χ1n) is 9.99. The van der Waals surface area contributed by atoms with Crippen molar-refractivity contribution in [2.45, 2.75) is 38.0 Å². The fraction of sp³-hybridized carbons (Fsp3) is 0.455. The Balaban J connectivity index is 1.41. The lowest BCUT2D eigenvalue weighted by atomic mass is 10.1. The van der Waals surface area contributed by atoms with Crippen LogP contribution in [0.2, 0.25) is 0 Å². The van der Waals surface area contributed by atoms with Crippen LogP contribution in [0.4, 0.5) is 0 Å². The van der Waals surface area contributed by atoms with Gasteiger partial charge in [0.2, 0.25) is 5.91 Å². The van der Waals surface area contributed by atoms with E-state index in [0.29, 0.717) is 17.9 Å². The number of aliphatic hydroxyl groups is 1. The molecule has 7 heteroatoms. The largest absolute Gasteiger partial charge is 0.497 e. The van der Waals surface area contributed by atoms with Crippen LogP contribution in [0.15, 0.2) is 48.8 Å². The van der Waals surface area contributed by atoms with Crippen molar-refractivity contribution < 1.29 is 19.4 Å². The van der Waals surface area contributed by atoms with Crippen LogP contribution >= 0.6 is 0 Å². The Kier molecular flexibility index (Phi) is 7.84. The van der Waals surface area contributed by atoms with Gasteiger partial charge in [0.15, 0.2) is 0 Å². The number of likely N-dealkylation sites (tertiary alicyclic amines) is 1. The molecule has 2 heterocycles. The minimum atomic E-state index is -0.742. The second-order valence-corrected chi connectivity index (χ2v) is 7.21. The summed E-state index contributed by atoms with van der Waals surface area (Å²) in [7, 11) is 1.60. The first-order chi connectivity index (χ1) is 14.2.